The average molecular weight is 416 g/mol. The summed E-state index contributed by atoms with van der Waals surface area (Å²) in [5.74, 6) is 2.05. The molecule has 3 aromatic rings. The molecule has 2 heterocycles. The summed E-state index contributed by atoms with van der Waals surface area (Å²) in [5, 5.41) is 16.1. The molecular formula is C20H27N6O2S+. The summed E-state index contributed by atoms with van der Waals surface area (Å²) in [6.07, 6.45) is 0.950. The SMILES string of the molecule is CC[C@H](c1nnc(SCC(=O)Nc2cc(C)on2)n1Cc1ccccc1)[NH+](C)C. The molecule has 0 fully saturated rings. The fourth-order valence-electron chi connectivity index (χ4n) is 3.16. The highest BCUT2D eigenvalue weighted by Crippen LogP contribution is 2.22. The minimum atomic E-state index is -0.163. The molecule has 1 amide bonds. The van der Waals surface area contributed by atoms with E-state index in [-0.39, 0.29) is 17.7 Å². The molecule has 1 atom stereocenters. The second kappa shape index (κ2) is 9.71. The van der Waals surface area contributed by atoms with Crippen molar-refractivity contribution < 1.29 is 14.2 Å². The van der Waals surface area contributed by atoms with E-state index in [1.165, 1.54) is 22.2 Å². The fraction of sp³-hybridized carbons (Fsp3) is 0.400. The molecule has 3 rings (SSSR count). The lowest BCUT2D eigenvalue weighted by atomic mass is 10.2. The predicted molar refractivity (Wildman–Crippen MR) is 112 cm³/mol. The molecule has 0 bridgehead atoms. The zero-order valence-electron chi connectivity index (χ0n) is 17.2. The number of aryl methyl sites for hydroxylation is 1. The third-order valence-corrected chi connectivity index (χ3v) is 5.54. The number of quaternary nitrogens is 1. The van der Waals surface area contributed by atoms with Crippen LogP contribution in [0.15, 0.2) is 46.1 Å². The van der Waals surface area contributed by atoms with Gasteiger partial charge in [-0.05, 0) is 12.5 Å². The van der Waals surface area contributed by atoms with Gasteiger partial charge in [0.1, 0.15) is 11.8 Å². The number of hydrogen-bond donors (Lipinski definition) is 2. The summed E-state index contributed by atoms with van der Waals surface area (Å²) >= 11 is 1.37. The van der Waals surface area contributed by atoms with Crippen LogP contribution < -0.4 is 10.2 Å². The maximum absolute atomic E-state index is 12.3. The van der Waals surface area contributed by atoms with Crippen molar-refractivity contribution in [2.24, 2.45) is 0 Å². The number of rotatable bonds is 9. The van der Waals surface area contributed by atoms with Crippen molar-refractivity contribution in [3.8, 4) is 0 Å². The first-order valence-electron chi connectivity index (χ1n) is 9.61. The summed E-state index contributed by atoms with van der Waals surface area (Å²) in [5.41, 5.74) is 1.17. The molecule has 0 spiro atoms. The van der Waals surface area contributed by atoms with Gasteiger partial charge in [0, 0.05) is 12.5 Å². The lowest BCUT2D eigenvalue weighted by Gasteiger charge is -2.20. The van der Waals surface area contributed by atoms with E-state index in [0.29, 0.717) is 18.1 Å². The average Bonchev–Trinajstić information content (AvgIpc) is 3.28. The zero-order valence-corrected chi connectivity index (χ0v) is 18.0. The van der Waals surface area contributed by atoms with Crippen LogP contribution in [0, 0.1) is 6.92 Å². The van der Waals surface area contributed by atoms with Gasteiger partial charge in [-0.1, -0.05) is 54.2 Å². The Morgan fingerprint density at radius 2 is 2.03 bits per heavy atom. The molecule has 0 radical (unpaired) electrons. The number of carbonyl (C=O) groups is 1. The molecule has 0 unspecified atom stereocenters. The molecule has 2 aromatic heterocycles. The van der Waals surface area contributed by atoms with Gasteiger partial charge in [0.25, 0.3) is 0 Å². The Balaban J connectivity index is 1.77. The quantitative estimate of drug-likeness (QED) is 0.519. The van der Waals surface area contributed by atoms with E-state index < -0.39 is 0 Å². The zero-order chi connectivity index (χ0) is 20.8. The van der Waals surface area contributed by atoms with Gasteiger partial charge in [0.15, 0.2) is 16.8 Å². The second-order valence-electron chi connectivity index (χ2n) is 7.11. The number of anilines is 1. The Bertz CT molecular complexity index is 938. The molecule has 0 aliphatic rings. The number of carbonyl (C=O) groups excluding carboxylic acids is 1. The second-order valence-corrected chi connectivity index (χ2v) is 8.05. The van der Waals surface area contributed by atoms with Gasteiger partial charge in [0.05, 0.1) is 26.4 Å². The van der Waals surface area contributed by atoms with Gasteiger partial charge in [-0.2, -0.15) is 0 Å². The molecule has 29 heavy (non-hydrogen) atoms. The van der Waals surface area contributed by atoms with Crippen LogP contribution in [0.2, 0.25) is 0 Å². The topological polar surface area (TPSA) is 90.3 Å². The van der Waals surface area contributed by atoms with Gasteiger partial charge in [-0.25, -0.2) is 0 Å². The van der Waals surface area contributed by atoms with Gasteiger partial charge in [-0.15, -0.1) is 10.2 Å². The summed E-state index contributed by atoms with van der Waals surface area (Å²) < 4.78 is 7.10. The number of benzene rings is 1. The number of aromatic nitrogens is 4. The predicted octanol–water partition coefficient (Wildman–Crippen LogP) is 1.95. The maximum Gasteiger partial charge on any atom is 0.236 e. The third-order valence-electron chi connectivity index (χ3n) is 4.57. The minimum Gasteiger partial charge on any atom is -0.360 e. The Morgan fingerprint density at radius 3 is 2.66 bits per heavy atom. The van der Waals surface area contributed by atoms with Gasteiger partial charge >= 0.3 is 0 Å². The van der Waals surface area contributed by atoms with Crippen molar-refractivity contribution in [3.05, 3.63) is 53.5 Å². The number of thioether (sulfide) groups is 1. The summed E-state index contributed by atoms with van der Waals surface area (Å²) in [4.78, 5) is 13.6. The summed E-state index contributed by atoms with van der Waals surface area (Å²) in [6.45, 7) is 4.60. The number of hydrogen-bond acceptors (Lipinski definition) is 6. The van der Waals surface area contributed by atoms with Gasteiger partial charge < -0.3 is 14.7 Å². The molecule has 8 nitrogen and oxygen atoms in total. The Hall–Kier alpha value is -2.65. The number of amides is 1. The standard InChI is InChI=1S/C20H26N6O2S/c1-5-16(25(3)4)19-22-23-20(26(19)12-15-9-7-6-8-10-15)29-13-18(27)21-17-11-14(2)28-24-17/h6-11,16H,5,12-13H2,1-4H3,(H,21,24,27)/p+1/t16-/m1/s1. The van der Waals surface area contributed by atoms with Crippen LogP contribution in [0.1, 0.15) is 36.5 Å². The van der Waals surface area contributed by atoms with E-state index in [0.717, 1.165) is 17.4 Å². The highest BCUT2D eigenvalue weighted by molar-refractivity contribution is 7.99. The van der Waals surface area contributed by atoms with E-state index in [4.69, 9.17) is 4.52 Å². The largest absolute Gasteiger partial charge is 0.360 e. The van der Waals surface area contributed by atoms with Crippen LogP contribution in [-0.4, -0.2) is 45.7 Å². The first kappa shape index (κ1) is 21.1. The number of nitrogens with zero attached hydrogens (tertiary/aromatic N) is 4. The van der Waals surface area contributed by atoms with Crippen molar-refractivity contribution in [2.45, 2.75) is 38.0 Å². The summed E-state index contributed by atoms with van der Waals surface area (Å²) in [7, 11) is 4.24. The van der Waals surface area contributed by atoms with Crippen LogP contribution >= 0.6 is 11.8 Å². The van der Waals surface area contributed by atoms with E-state index in [9.17, 15) is 4.79 Å². The van der Waals surface area contributed by atoms with Gasteiger partial charge in [-0.3, -0.25) is 9.36 Å². The molecule has 0 saturated heterocycles. The number of nitrogens with one attached hydrogen (secondary N) is 2. The monoisotopic (exact) mass is 415 g/mol. The summed E-state index contributed by atoms with van der Waals surface area (Å²) in [6, 6.07) is 12.1. The van der Waals surface area contributed by atoms with Crippen LogP contribution in [0.4, 0.5) is 5.82 Å². The van der Waals surface area contributed by atoms with Crippen molar-refractivity contribution >= 4 is 23.5 Å². The smallest absolute Gasteiger partial charge is 0.236 e. The van der Waals surface area contributed by atoms with E-state index in [2.05, 4.69) is 58.4 Å². The Labute approximate surface area is 174 Å². The molecule has 0 aliphatic heterocycles. The van der Waals surface area contributed by atoms with Crippen LogP contribution in [0.3, 0.4) is 0 Å². The van der Waals surface area contributed by atoms with Gasteiger partial charge in [0.2, 0.25) is 5.91 Å². The maximum atomic E-state index is 12.3. The molecule has 9 heteroatoms. The first-order valence-corrected chi connectivity index (χ1v) is 10.6. The lowest BCUT2D eigenvalue weighted by Crippen LogP contribution is -3.06. The van der Waals surface area contributed by atoms with Crippen molar-refractivity contribution in [3.63, 3.8) is 0 Å². The van der Waals surface area contributed by atoms with E-state index in [1.54, 1.807) is 13.0 Å². The Kier molecular flexibility index (Phi) is 7.05. The van der Waals surface area contributed by atoms with Crippen molar-refractivity contribution in [2.75, 3.05) is 25.2 Å². The van der Waals surface area contributed by atoms with E-state index >= 15 is 0 Å². The fourth-order valence-corrected chi connectivity index (χ4v) is 3.91. The molecular weight excluding hydrogens is 388 g/mol. The van der Waals surface area contributed by atoms with E-state index in [1.807, 2.05) is 18.2 Å². The molecule has 2 N–H and O–H groups in total. The van der Waals surface area contributed by atoms with Crippen LogP contribution in [0.5, 0.6) is 0 Å². The molecule has 1 aromatic carbocycles. The van der Waals surface area contributed by atoms with Crippen molar-refractivity contribution in [1.82, 2.24) is 19.9 Å². The van der Waals surface area contributed by atoms with Crippen molar-refractivity contribution in [1.29, 1.82) is 0 Å². The molecule has 0 saturated carbocycles. The minimum absolute atomic E-state index is 0.163. The lowest BCUT2D eigenvalue weighted by molar-refractivity contribution is -0.893. The normalized spacial score (nSPS) is 12.3. The Morgan fingerprint density at radius 1 is 1.28 bits per heavy atom. The third kappa shape index (κ3) is 5.45. The highest BCUT2D eigenvalue weighted by Gasteiger charge is 2.25. The molecule has 154 valence electrons. The first-order chi connectivity index (χ1) is 14.0. The van der Waals surface area contributed by atoms with Crippen LogP contribution in [0.25, 0.3) is 0 Å². The molecule has 0 aliphatic carbocycles. The highest BCUT2D eigenvalue weighted by atomic mass is 32.2. The van der Waals surface area contributed by atoms with Crippen LogP contribution in [-0.2, 0) is 11.3 Å².